The lowest BCUT2D eigenvalue weighted by atomic mass is 10.3. The van der Waals surface area contributed by atoms with E-state index in [-0.39, 0.29) is 0 Å². The summed E-state index contributed by atoms with van der Waals surface area (Å²) in [6.45, 7) is 6.83. The summed E-state index contributed by atoms with van der Waals surface area (Å²) in [5.41, 5.74) is 0. The molecule has 0 bridgehead atoms. The van der Waals surface area contributed by atoms with Crippen molar-refractivity contribution in [2.24, 2.45) is 0 Å². The first-order valence-corrected chi connectivity index (χ1v) is 7.73. The summed E-state index contributed by atoms with van der Waals surface area (Å²) in [5, 5.41) is 1.14. The number of nitrogens with zero attached hydrogens (tertiary/aromatic N) is 1. The molecule has 0 radical (unpaired) electrons. The van der Waals surface area contributed by atoms with E-state index >= 15 is 0 Å². The molecule has 0 unspecified atom stereocenters. The van der Waals surface area contributed by atoms with Crippen LogP contribution in [0.1, 0.15) is 33.6 Å². The van der Waals surface area contributed by atoms with Crippen molar-refractivity contribution in [3.05, 3.63) is 24.4 Å². The van der Waals surface area contributed by atoms with Crippen LogP contribution in [0.3, 0.4) is 0 Å². The Hall–Kier alpha value is -0.150. The number of aromatic nitrogens is 1. The van der Waals surface area contributed by atoms with Crippen LogP contribution in [0.5, 0.6) is 0 Å². The van der Waals surface area contributed by atoms with Gasteiger partial charge in [-0.25, -0.2) is 4.98 Å². The zero-order chi connectivity index (χ0) is 11.9. The predicted molar refractivity (Wildman–Crippen MR) is 76.4 cm³/mol. The van der Waals surface area contributed by atoms with Crippen molar-refractivity contribution in [3.8, 4) is 0 Å². The molecule has 1 aromatic heterocycles. The third kappa shape index (κ3) is 7.18. The maximum absolute atomic E-state index is 4.29. The summed E-state index contributed by atoms with van der Waals surface area (Å²) in [6, 6.07) is 6.09. The molecule has 0 amide bonds. The molecule has 0 spiro atoms. The highest BCUT2D eigenvalue weighted by Crippen LogP contribution is 2.24. The molecule has 1 heterocycles. The molecule has 1 nitrogen and oxygen atoms in total. The van der Waals surface area contributed by atoms with E-state index in [1.54, 1.807) is 0 Å². The molecular weight excluding hydrogens is 234 g/mol. The fraction of sp³-hybridized carbons (Fsp3) is 0.615. The highest BCUT2D eigenvalue weighted by Gasteiger charge is 2.09. The quantitative estimate of drug-likeness (QED) is 0.549. The van der Waals surface area contributed by atoms with Crippen LogP contribution in [-0.2, 0) is 0 Å². The summed E-state index contributed by atoms with van der Waals surface area (Å²) in [4.78, 5) is 4.29. The normalized spacial score (nSPS) is 11.7. The van der Waals surface area contributed by atoms with E-state index in [2.05, 4.69) is 43.6 Å². The molecule has 0 saturated heterocycles. The molecule has 0 N–H and O–H groups in total. The molecule has 0 aliphatic carbocycles. The van der Waals surface area contributed by atoms with Gasteiger partial charge in [-0.05, 0) is 36.5 Å². The SMILES string of the molecule is CC(C)(C)SCCCCSc1ccccn1. The maximum atomic E-state index is 4.29. The van der Waals surface area contributed by atoms with Gasteiger partial charge in [0.1, 0.15) is 0 Å². The molecule has 90 valence electrons. The van der Waals surface area contributed by atoms with Gasteiger partial charge < -0.3 is 0 Å². The average molecular weight is 255 g/mol. The summed E-state index contributed by atoms with van der Waals surface area (Å²) in [6.07, 6.45) is 4.45. The molecule has 16 heavy (non-hydrogen) atoms. The number of hydrogen-bond acceptors (Lipinski definition) is 3. The fourth-order valence-corrected chi connectivity index (χ4v) is 3.02. The van der Waals surface area contributed by atoms with Crippen LogP contribution >= 0.6 is 23.5 Å². The van der Waals surface area contributed by atoms with Gasteiger partial charge in [0.15, 0.2) is 0 Å². The third-order valence-electron chi connectivity index (χ3n) is 1.96. The maximum Gasteiger partial charge on any atom is 0.0959 e. The van der Waals surface area contributed by atoms with Crippen molar-refractivity contribution >= 4 is 23.5 Å². The minimum Gasteiger partial charge on any atom is -0.250 e. The molecular formula is C13H21NS2. The molecule has 3 heteroatoms. The smallest absolute Gasteiger partial charge is 0.0959 e. The van der Waals surface area contributed by atoms with Crippen LogP contribution < -0.4 is 0 Å². The van der Waals surface area contributed by atoms with Crippen LogP contribution in [0.25, 0.3) is 0 Å². The largest absolute Gasteiger partial charge is 0.250 e. The molecule has 0 saturated carbocycles. The van der Waals surface area contributed by atoms with Gasteiger partial charge in [-0.2, -0.15) is 11.8 Å². The lowest BCUT2D eigenvalue weighted by Crippen LogP contribution is -2.08. The molecule has 0 atom stereocenters. The van der Waals surface area contributed by atoms with Crippen molar-refractivity contribution < 1.29 is 0 Å². The van der Waals surface area contributed by atoms with E-state index in [1.165, 1.54) is 24.3 Å². The highest BCUT2D eigenvalue weighted by molar-refractivity contribution is 8.00. The van der Waals surface area contributed by atoms with Gasteiger partial charge in [0, 0.05) is 10.9 Å². The Bertz CT molecular complexity index is 280. The van der Waals surface area contributed by atoms with Crippen LogP contribution in [0.4, 0.5) is 0 Å². The van der Waals surface area contributed by atoms with Crippen molar-refractivity contribution in [2.45, 2.75) is 43.4 Å². The number of rotatable bonds is 6. The summed E-state index contributed by atoms with van der Waals surface area (Å²) >= 11 is 3.91. The minimum absolute atomic E-state index is 0.411. The molecule has 0 fully saturated rings. The standard InChI is InChI=1S/C13H21NS2/c1-13(2,3)16-11-7-6-10-15-12-8-4-5-9-14-12/h4-5,8-9H,6-7,10-11H2,1-3H3. The van der Waals surface area contributed by atoms with E-state index in [1.807, 2.05) is 30.1 Å². The highest BCUT2D eigenvalue weighted by atomic mass is 32.2. The second kappa shape index (κ2) is 7.23. The zero-order valence-corrected chi connectivity index (χ0v) is 12.0. The van der Waals surface area contributed by atoms with Gasteiger partial charge in [0.2, 0.25) is 0 Å². The van der Waals surface area contributed by atoms with Crippen LogP contribution in [0.15, 0.2) is 29.4 Å². The van der Waals surface area contributed by atoms with Crippen molar-refractivity contribution in [1.82, 2.24) is 4.98 Å². The van der Waals surface area contributed by atoms with Crippen LogP contribution in [0, 0.1) is 0 Å². The van der Waals surface area contributed by atoms with E-state index < -0.39 is 0 Å². The van der Waals surface area contributed by atoms with E-state index in [0.717, 1.165) is 5.03 Å². The van der Waals surface area contributed by atoms with Crippen molar-refractivity contribution in [2.75, 3.05) is 11.5 Å². The molecule has 0 aliphatic rings. The van der Waals surface area contributed by atoms with E-state index in [4.69, 9.17) is 0 Å². The lowest BCUT2D eigenvalue weighted by Gasteiger charge is -2.16. The second-order valence-corrected chi connectivity index (χ2v) is 7.72. The van der Waals surface area contributed by atoms with Gasteiger partial charge >= 0.3 is 0 Å². The molecule has 1 aromatic rings. The Morgan fingerprint density at radius 3 is 2.50 bits per heavy atom. The number of pyridine rings is 1. The number of hydrogen-bond donors (Lipinski definition) is 0. The summed E-state index contributed by atoms with van der Waals surface area (Å²) in [7, 11) is 0. The van der Waals surface area contributed by atoms with Gasteiger partial charge in [0.05, 0.1) is 5.03 Å². The van der Waals surface area contributed by atoms with Gasteiger partial charge in [-0.15, -0.1) is 11.8 Å². The Labute approximate surface area is 108 Å². The third-order valence-corrected chi connectivity index (χ3v) is 4.35. The Morgan fingerprint density at radius 2 is 1.88 bits per heavy atom. The summed E-state index contributed by atoms with van der Waals surface area (Å²) < 4.78 is 0.411. The lowest BCUT2D eigenvalue weighted by molar-refractivity contribution is 0.795. The first kappa shape index (κ1) is 13.9. The van der Waals surface area contributed by atoms with Crippen molar-refractivity contribution in [1.29, 1.82) is 0 Å². The first-order valence-electron chi connectivity index (χ1n) is 5.76. The Balaban J connectivity index is 2.01. The minimum atomic E-state index is 0.411. The topological polar surface area (TPSA) is 12.9 Å². The van der Waals surface area contributed by atoms with Gasteiger partial charge in [0.25, 0.3) is 0 Å². The Kier molecular flexibility index (Phi) is 6.29. The second-order valence-electron chi connectivity index (χ2n) is 4.68. The summed E-state index contributed by atoms with van der Waals surface area (Å²) in [5.74, 6) is 2.45. The monoisotopic (exact) mass is 255 g/mol. The van der Waals surface area contributed by atoms with Gasteiger partial charge in [-0.1, -0.05) is 26.8 Å². The predicted octanol–water partition coefficient (Wildman–Crippen LogP) is 4.49. The van der Waals surface area contributed by atoms with Crippen LogP contribution in [-0.4, -0.2) is 21.2 Å². The molecule has 0 aromatic carbocycles. The molecule has 1 rings (SSSR count). The average Bonchev–Trinajstić information content (AvgIpc) is 2.23. The number of thioether (sulfide) groups is 2. The first-order chi connectivity index (χ1) is 7.58. The fourth-order valence-electron chi connectivity index (χ4n) is 1.19. The Morgan fingerprint density at radius 1 is 1.12 bits per heavy atom. The van der Waals surface area contributed by atoms with Crippen molar-refractivity contribution in [3.63, 3.8) is 0 Å². The number of unbranched alkanes of at least 4 members (excludes halogenated alkanes) is 1. The molecule has 0 aliphatic heterocycles. The van der Waals surface area contributed by atoms with Crippen LogP contribution in [0.2, 0.25) is 0 Å². The van der Waals surface area contributed by atoms with E-state index in [0.29, 0.717) is 4.75 Å². The van der Waals surface area contributed by atoms with Gasteiger partial charge in [-0.3, -0.25) is 0 Å². The van der Waals surface area contributed by atoms with E-state index in [9.17, 15) is 0 Å². The zero-order valence-electron chi connectivity index (χ0n) is 10.4.